The van der Waals surface area contributed by atoms with E-state index in [0.29, 0.717) is 13.0 Å². The van der Waals surface area contributed by atoms with Crippen LogP contribution in [0.1, 0.15) is 11.1 Å². The summed E-state index contributed by atoms with van der Waals surface area (Å²) >= 11 is 3.50. The number of carbonyl (C=O) groups is 1. The first kappa shape index (κ1) is 13.5. The van der Waals surface area contributed by atoms with Gasteiger partial charge in [-0.3, -0.25) is 4.79 Å². The first-order valence-corrected chi connectivity index (χ1v) is 8.07. The average Bonchev–Trinajstić information content (AvgIpc) is 2.83. The standard InChI is InChI=1S/C19H14BrNO/c20-16-9-8-14-10-19(22)21(18(14)11-16)12-15-6-3-5-13-4-1-2-7-17(13)15/h1-9,11H,10,12H2. The molecule has 4 rings (SSSR count). The Morgan fingerprint density at radius 1 is 1.00 bits per heavy atom. The van der Waals surface area contributed by atoms with Crippen LogP contribution in [0, 0.1) is 0 Å². The Labute approximate surface area is 137 Å². The highest BCUT2D eigenvalue weighted by Crippen LogP contribution is 2.33. The molecule has 3 heteroatoms. The van der Waals surface area contributed by atoms with Crippen LogP contribution < -0.4 is 4.90 Å². The highest BCUT2D eigenvalue weighted by molar-refractivity contribution is 9.10. The SMILES string of the molecule is O=C1Cc2ccc(Br)cc2N1Cc1cccc2ccccc12. The Morgan fingerprint density at radius 2 is 1.82 bits per heavy atom. The third-order valence-corrected chi connectivity index (χ3v) is 4.68. The van der Waals surface area contributed by atoms with Gasteiger partial charge in [0.25, 0.3) is 0 Å². The van der Waals surface area contributed by atoms with Crippen molar-refractivity contribution < 1.29 is 4.79 Å². The number of anilines is 1. The van der Waals surface area contributed by atoms with E-state index in [1.807, 2.05) is 35.2 Å². The minimum Gasteiger partial charge on any atom is -0.307 e. The lowest BCUT2D eigenvalue weighted by atomic mass is 10.0. The van der Waals surface area contributed by atoms with E-state index in [0.717, 1.165) is 15.7 Å². The summed E-state index contributed by atoms with van der Waals surface area (Å²) in [7, 11) is 0. The molecule has 1 amide bonds. The van der Waals surface area contributed by atoms with Gasteiger partial charge in [-0.1, -0.05) is 64.5 Å². The van der Waals surface area contributed by atoms with Crippen molar-refractivity contribution >= 4 is 38.3 Å². The van der Waals surface area contributed by atoms with Crippen molar-refractivity contribution in [2.45, 2.75) is 13.0 Å². The summed E-state index contributed by atoms with van der Waals surface area (Å²) in [6.45, 7) is 0.615. The van der Waals surface area contributed by atoms with Gasteiger partial charge < -0.3 is 4.90 Å². The number of fused-ring (bicyclic) bond motifs is 2. The minimum atomic E-state index is 0.168. The van der Waals surface area contributed by atoms with Gasteiger partial charge in [-0.25, -0.2) is 0 Å². The number of hydrogen-bond acceptors (Lipinski definition) is 1. The van der Waals surface area contributed by atoms with Crippen molar-refractivity contribution in [3.8, 4) is 0 Å². The van der Waals surface area contributed by atoms with Gasteiger partial charge in [-0.2, -0.15) is 0 Å². The van der Waals surface area contributed by atoms with Crippen LogP contribution in [0.15, 0.2) is 65.1 Å². The van der Waals surface area contributed by atoms with Crippen molar-refractivity contribution in [2.75, 3.05) is 4.90 Å². The zero-order chi connectivity index (χ0) is 15.1. The highest BCUT2D eigenvalue weighted by atomic mass is 79.9. The maximum atomic E-state index is 12.4. The quantitative estimate of drug-likeness (QED) is 0.655. The number of rotatable bonds is 2. The van der Waals surface area contributed by atoms with Crippen molar-refractivity contribution in [1.29, 1.82) is 0 Å². The number of nitrogens with zero attached hydrogens (tertiary/aromatic N) is 1. The Kier molecular flexibility index (Phi) is 3.23. The summed E-state index contributed by atoms with van der Waals surface area (Å²) in [4.78, 5) is 14.3. The van der Waals surface area contributed by atoms with Crippen molar-refractivity contribution in [2.24, 2.45) is 0 Å². The van der Waals surface area contributed by atoms with Crippen LogP contribution in [0.2, 0.25) is 0 Å². The van der Waals surface area contributed by atoms with Crippen LogP contribution in [-0.4, -0.2) is 5.91 Å². The molecule has 0 atom stereocenters. The predicted molar refractivity (Wildman–Crippen MR) is 93.0 cm³/mol. The van der Waals surface area contributed by atoms with Crippen molar-refractivity contribution in [1.82, 2.24) is 0 Å². The first-order chi connectivity index (χ1) is 10.7. The normalized spacial score (nSPS) is 13.7. The monoisotopic (exact) mass is 351 g/mol. The minimum absolute atomic E-state index is 0.168. The van der Waals surface area contributed by atoms with Crippen molar-refractivity contribution in [3.05, 3.63) is 76.3 Å². The molecule has 1 aliphatic rings. The fraction of sp³-hybridized carbons (Fsp3) is 0.105. The second-order valence-electron chi connectivity index (χ2n) is 5.57. The predicted octanol–water partition coefficient (Wildman–Crippen LogP) is 4.69. The lowest BCUT2D eigenvalue weighted by Crippen LogP contribution is -2.26. The van der Waals surface area contributed by atoms with Crippen LogP contribution in [0.5, 0.6) is 0 Å². The molecule has 22 heavy (non-hydrogen) atoms. The molecule has 0 fully saturated rings. The third kappa shape index (κ3) is 2.22. The molecular weight excluding hydrogens is 338 g/mol. The van der Waals surface area contributed by atoms with E-state index in [-0.39, 0.29) is 5.91 Å². The topological polar surface area (TPSA) is 20.3 Å². The second kappa shape index (κ2) is 5.25. The van der Waals surface area contributed by atoms with Crippen molar-refractivity contribution in [3.63, 3.8) is 0 Å². The fourth-order valence-corrected chi connectivity index (χ4v) is 3.45. The highest BCUT2D eigenvalue weighted by Gasteiger charge is 2.27. The maximum absolute atomic E-state index is 12.4. The molecule has 0 radical (unpaired) electrons. The molecule has 0 saturated heterocycles. The van der Waals surface area contributed by atoms with Crippen LogP contribution in [-0.2, 0) is 17.8 Å². The largest absolute Gasteiger partial charge is 0.307 e. The molecule has 0 N–H and O–H groups in total. The van der Waals surface area contributed by atoms with E-state index < -0.39 is 0 Å². The average molecular weight is 352 g/mol. The van der Waals surface area contributed by atoms with E-state index >= 15 is 0 Å². The van der Waals surface area contributed by atoms with Gasteiger partial charge in [0.05, 0.1) is 13.0 Å². The van der Waals surface area contributed by atoms with Gasteiger partial charge >= 0.3 is 0 Å². The van der Waals surface area contributed by atoms with Gasteiger partial charge in [0, 0.05) is 10.2 Å². The summed E-state index contributed by atoms with van der Waals surface area (Å²) in [5.74, 6) is 0.168. The van der Waals surface area contributed by atoms with Gasteiger partial charge in [0.1, 0.15) is 0 Å². The van der Waals surface area contributed by atoms with Crippen LogP contribution in [0.3, 0.4) is 0 Å². The zero-order valence-electron chi connectivity index (χ0n) is 11.9. The second-order valence-corrected chi connectivity index (χ2v) is 6.48. The Morgan fingerprint density at radius 3 is 2.73 bits per heavy atom. The molecule has 0 bridgehead atoms. The summed E-state index contributed by atoms with van der Waals surface area (Å²) < 4.78 is 1.00. The lowest BCUT2D eigenvalue weighted by molar-refractivity contribution is -0.117. The molecule has 1 heterocycles. The Hall–Kier alpha value is -2.13. The summed E-state index contributed by atoms with van der Waals surface area (Å²) in [5, 5.41) is 2.42. The van der Waals surface area contributed by atoms with E-state index in [2.05, 4.69) is 46.3 Å². The smallest absolute Gasteiger partial charge is 0.231 e. The third-order valence-electron chi connectivity index (χ3n) is 4.19. The van der Waals surface area contributed by atoms with Crippen LogP contribution in [0.4, 0.5) is 5.69 Å². The zero-order valence-corrected chi connectivity index (χ0v) is 13.5. The molecule has 3 aromatic carbocycles. The van der Waals surface area contributed by atoms with Crippen LogP contribution in [0.25, 0.3) is 10.8 Å². The van der Waals surface area contributed by atoms with E-state index in [9.17, 15) is 4.79 Å². The van der Waals surface area contributed by atoms with E-state index in [4.69, 9.17) is 0 Å². The molecule has 0 aromatic heterocycles. The number of halogens is 1. The van der Waals surface area contributed by atoms with E-state index in [1.54, 1.807) is 0 Å². The Bertz CT molecular complexity index is 882. The fourth-order valence-electron chi connectivity index (χ4n) is 3.10. The number of carbonyl (C=O) groups excluding carboxylic acids is 1. The molecule has 108 valence electrons. The number of amides is 1. The molecule has 2 nitrogen and oxygen atoms in total. The molecule has 1 aliphatic heterocycles. The molecular formula is C19H14BrNO. The molecule has 0 saturated carbocycles. The van der Waals surface area contributed by atoms with Gasteiger partial charge in [0.15, 0.2) is 0 Å². The van der Waals surface area contributed by atoms with E-state index in [1.165, 1.54) is 16.3 Å². The molecule has 0 spiro atoms. The lowest BCUT2D eigenvalue weighted by Gasteiger charge is -2.19. The van der Waals surface area contributed by atoms with Gasteiger partial charge in [0.2, 0.25) is 5.91 Å². The maximum Gasteiger partial charge on any atom is 0.231 e. The Balaban J connectivity index is 1.78. The molecule has 0 unspecified atom stereocenters. The molecule has 3 aromatic rings. The van der Waals surface area contributed by atoms with Crippen LogP contribution >= 0.6 is 15.9 Å². The molecule has 0 aliphatic carbocycles. The summed E-state index contributed by atoms with van der Waals surface area (Å²) in [6, 6.07) is 20.6. The first-order valence-electron chi connectivity index (χ1n) is 7.28. The summed E-state index contributed by atoms with van der Waals surface area (Å²) in [6.07, 6.45) is 0.493. The summed E-state index contributed by atoms with van der Waals surface area (Å²) in [5.41, 5.74) is 3.31. The van der Waals surface area contributed by atoms with Gasteiger partial charge in [-0.05, 0) is 34.0 Å². The number of hydrogen-bond donors (Lipinski definition) is 0. The number of benzene rings is 3. The van der Waals surface area contributed by atoms with Gasteiger partial charge in [-0.15, -0.1) is 0 Å².